The number of carboxylic acids is 1. The summed E-state index contributed by atoms with van der Waals surface area (Å²) in [4.78, 5) is 40.8. The number of nitrogens with zero attached hydrogens (tertiary/aromatic N) is 2. The van der Waals surface area contributed by atoms with Crippen LogP contribution in [0.5, 0.6) is 0 Å². The van der Waals surface area contributed by atoms with Gasteiger partial charge in [-0.3, -0.25) is 9.59 Å². The molecule has 4 atom stereocenters. The Balaban J connectivity index is 0.00000261. The Hall–Kier alpha value is -0.910. The van der Waals surface area contributed by atoms with Gasteiger partial charge in [0.25, 0.3) is 0 Å². The number of thiazole rings is 1. The van der Waals surface area contributed by atoms with Crippen molar-refractivity contribution in [2.45, 2.75) is 43.9 Å². The van der Waals surface area contributed by atoms with Crippen molar-refractivity contribution in [3.63, 3.8) is 0 Å². The molecular formula is C16H17N2NaO6S2. The summed E-state index contributed by atoms with van der Waals surface area (Å²) in [6, 6.07) is -0.390. The number of hydrogen-bond acceptors (Lipinski definition) is 9. The second kappa shape index (κ2) is 8.62. The van der Waals surface area contributed by atoms with Crippen LogP contribution in [0.4, 0.5) is 0 Å². The Morgan fingerprint density at radius 1 is 1.52 bits per heavy atom. The van der Waals surface area contributed by atoms with Crippen molar-refractivity contribution in [1.82, 2.24) is 9.88 Å². The summed E-state index contributed by atoms with van der Waals surface area (Å²) in [5.41, 5.74) is 0.418. The van der Waals surface area contributed by atoms with Crippen molar-refractivity contribution in [2.75, 3.05) is 0 Å². The number of carbonyl (C=O) groups is 3. The molecule has 3 rings (SSSR count). The fourth-order valence-electron chi connectivity index (χ4n) is 3.32. The Kier molecular flexibility index (Phi) is 7.15. The van der Waals surface area contributed by atoms with Crippen LogP contribution in [0, 0.1) is 11.8 Å². The summed E-state index contributed by atoms with van der Waals surface area (Å²) in [5, 5.41) is 23.2. The molecule has 27 heavy (non-hydrogen) atoms. The number of thioether (sulfide) groups is 1. The molecule has 1 fully saturated rings. The molecule has 11 heteroatoms. The van der Waals surface area contributed by atoms with E-state index in [1.54, 1.807) is 5.38 Å². The summed E-state index contributed by atoms with van der Waals surface area (Å²) >= 11 is 2.46. The van der Waals surface area contributed by atoms with E-state index in [1.165, 1.54) is 30.1 Å². The van der Waals surface area contributed by atoms with Gasteiger partial charge in [0.05, 0.1) is 35.4 Å². The van der Waals surface area contributed by atoms with E-state index in [0.717, 1.165) is 11.8 Å². The monoisotopic (exact) mass is 420 g/mol. The number of carbonyl (C=O) groups excluding carboxylic acids is 3. The van der Waals surface area contributed by atoms with E-state index in [0.29, 0.717) is 14.9 Å². The summed E-state index contributed by atoms with van der Waals surface area (Å²) in [5.74, 6) is -3.11. The molecule has 2 aliphatic heterocycles. The van der Waals surface area contributed by atoms with Crippen LogP contribution >= 0.6 is 23.1 Å². The standard InChI is InChI=1S/C16H18N2O6S2.Na/c1-6-11-10(7(2)19)14(21)18(11)12(15(22)23)13(6)26-16-17-9(5-25-16)4-24-8(3)20;/h5-7,10-11,19H,4H2,1-3H3,(H,22,23);/q;+1/p-1/t6-,7-,10-,11?;/m1./s1. The molecule has 0 saturated carbocycles. The molecule has 1 amide bonds. The summed E-state index contributed by atoms with van der Waals surface area (Å²) in [7, 11) is 0. The van der Waals surface area contributed by atoms with Gasteiger partial charge in [0.15, 0.2) is 4.34 Å². The van der Waals surface area contributed by atoms with Crippen LogP contribution in [-0.4, -0.2) is 45.0 Å². The number of esters is 1. The Bertz CT molecular complexity index is 809. The summed E-state index contributed by atoms with van der Waals surface area (Å²) in [6.45, 7) is 4.70. The maximum Gasteiger partial charge on any atom is 1.00 e. The number of fused-ring (bicyclic) bond motifs is 1. The zero-order valence-electron chi connectivity index (χ0n) is 15.3. The van der Waals surface area contributed by atoms with Gasteiger partial charge in [-0.2, -0.15) is 0 Å². The van der Waals surface area contributed by atoms with Crippen LogP contribution in [0.15, 0.2) is 20.3 Å². The van der Waals surface area contributed by atoms with Crippen molar-refractivity contribution in [3.05, 3.63) is 21.7 Å². The normalized spacial score (nSPS) is 24.8. The minimum Gasteiger partial charge on any atom is -0.543 e. The number of amides is 1. The van der Waals surface area contributed by atoms with E-state index in [4.69, 9.17) is 4.74 Å². The number of rotatable bonds is 6. The molecule has 0 radical (unpaired) electrons. The first-order valence-corrected chi connectivity index (χ1v) is 9.64. The fourth-order valence-corrected chi connectivity index (χ4v) is 5.41. The molecule has 8 nitrogen and oxygen atoms in total. The number of β-lactam (4-membered cyclic amide) rings is 1. The molecule has 2 aliphatic rings. The molecule has 140 valence electrons. The van der Waals surface area contributed by atoms with Gasteiger partial charge in [-0.05, 0) is 6.92 Å². The second-order valence-corrected chi connectivity index (χ2v) is 8.39. The van der Waals surface area contributed by atoms with E-state index in [-0.39, 0.29) is 47.8 Å². The van der Waals surface area contributed by atoms with Crippen LogP contribution < -0.4 is 34.7 Å². The zero-order valence-corrected chi connectivity index (χ0v) is 18.9. The van der Waals surface area contributed by atoms with Gasteiger partial charge in [-0.25, -0.2) is 4.98 Å². The smallest absolute Gasteiger partial charge is 0.543 e. The minimum absolute atomic E-state index is 0. The number of hydrogen-bond donors (Lipinski definition) is 1. The van der Waals surface area contributed by atoms with Crippen LogP contribution in [0.3, 0.4) is 0 Å². The molecular weight excluding hydrogens is 403 g/mol. The molecule has 1 aromatic heterocycles. The average molecular weight is 420 g/mol. The van der Waals surface area contributed by atoms with Gasteiger partial charge in [0.1, 0.15) is 6.61 Å². The van der Waals surface area contributed by atoms with Gasteiger partial charge >= 0.3 is 35.5 Å². The molecule has 3 heterocycles. The predicted octanol–water partition coefficient (Wildman–Crippen LogP) is -2.88. The SMILES string of the molecule is CC(=O)OCc1csc(SC2=C(C(=O)[O-])N3C(=O)[C@H]([C@@H](C)O)C3[C@H]2C)n1.[Na+]. The molecule has 0 aliphatic carbocycles. The number of aliphatic hydroxyl groups excluding tert-OH is 1. The topological polar surface area (TPSA) is 120 Å². The van der Waals surface area contributed by atoms with Gasteiger partial charge in [-0.15, -0.1) is 11.3 Å². The van der Waals surface area contributed by atoms with E-state index in [2.05, 4.69) is 4.98 Å². The molecule has 0 aromatic carbocycles. The molecule has 0 bridgehead atoms. The molecule has 1 unspecified atom stereocenters. The van der Waals surface area contributed by atoms with Crippen LogP contribution in [0.1, 0.15) is 26.5 Å². The number of aliphatic carboxylic acids is 1. The van der Waals surface area contributed by atoms with Crippen LogP contribution in [0.2, 0.25) is 0 Å². The van der Waals surface area contributed by atoms with Crippen molar-refractivity contribution in [2.24, 2.45) is 11.8 Å². The van der Waals surface area contributed by atoms with Crippen molar-refractivity contribution >= 4 is 40.9 Å². The Labute approximate surface area is 186 Å². The minimum atomic E-state index is -1.42. The molecule has 1 saturated heterocycles. The van der Waals surface area contributed by atoms with Gasteiger partial charge in [-0.1, -0.05) is 18.7 Å². The summed E-state index contributed by atoms with van der Waals surface area (Å²) in [6.07, 6.45) is -0.853. The van der Waals surface area contributed by atoms with Gasteiger partial charge in [0.2, 0.25) is 5.91 Å². The largest absolute Gasteiger partial charge is 1.00 e. The van der Waals surface area contributed by atoms with Gasteiger partial charge in [0, 0.05) is 23.1 Å². The van der Waals surface area contributed by atoms with E-state index >= 15 is 0 Å². The average Bonchev–Trinajstić information content (AvgIpc) is 3.08. The number of ether oxygens (including phenoxy) is 1. The third-order valence-corrected chi connectivity index (χ3v) is 6.73. The maximum absolute atomic E-state index is 12.3. The van der Waals surface area contributed by atoms with E-state index in [9.17, 15) is 24.6 Å². The van der Waals surface area contributed by atoms with Crippen LogP contribution in [-0.2, 0) is 25.7 Å². The first-order chi connectivity index (χ1) is 12.2. The third-order valence-electron chi connectivity index (χ3n) is 4.45. The molecule has 1 N–H and O–H groups in total. The van der Waals surface area contributed by atoms with Crippen molar-refractivity contribution in [1.29, 1.82) is 0 Å². The van der Waals surface area contributed by atoms with Gasteiger partial charge < -0.3 is 24.6 Å². The first-order valence-electron chi connectivity index (χ1n) is 7.94. The van der Waals surface area contributed by atoms with Crippen LogP contribution in [0.25, 0.3) is 0 Å². The first kappa shape index (κ1) is 22.4. The molecule has 1 aromatic rings. The van der Waals surface area contributed by atoms with E-state index < -0.39 is 35.9 Å². The Morgan fingerprint density at radius 2 is 2.19 bits per heavy atom. The third kappa shape index (κ3) is 4.10. The molecule has 0 spiro atoms. The van der Waals surface area contributed by atoms with Crippen molar-refractivity contribution < 1.29 is 58.9 Å². The zero-order chi connectivity index (χ0) is 19.2. The number of carboxylic acid groups (broad SMARTS) is 1. The second-order valence-electron chi connectivity index (χ2n) is 6.24. The van der Waals surface area contributed by atoms with E-state index in [1.807, 2.05) is 6.92 Å². The predicted molar refractivity (Wildman–Crippen MR) is 90.4 cm³/mol. The number of aliphatic hydroxyl groups is 1. The summed E-state index contributed by atoms with van der Waals surface area (Å²) < 4.78 is 5.47. The fraction of sp³-hybridized carbons (Fsp3) is 0.500. The quantitative estimate of drug-likeness (QED) is 0.296. The van der Waals surface area contributed by atoms with Crippen molar-refractivity contribution in [3.8, 4) is 0 Å². The Morgan fingerprint density at radius 3 is 2.74 bits per heavy atom. The number of aromatic nitrogens is 1. The maximum atomic E-state index is 12.3.